The number of benzene rings is 16. The summed E-state index contributed by atoms with van der Waals surface area (Å²) in [7, 11) is 0. The molecule has 24 rings (SSSR count). The molecule has 0 radical (unpaired) electrons. The van der Waals surface area contributed by atoms with E-state index in [-0.39, 0.29) is 0 Å². The van der Waals surface area contributed by atoms with Crippen LogP contribution in [0.3, 0.4) is 0 Å². The summed E-state index contributed by atoms with van der Waals surface area (Å²) in [6.07, 6.45) is 0. The Hall–Kier alpha value is -14.4. The Kier molecular flexibility index (Phi) is 14.9. The highest BCUT2D eigenvalue weighted by Gasteiger charge is 2.53. The molecule has 1 atom stereocenters. The normalized spacial score (nSPS) is 14.2. The van der Waals surface area contributed by atoms with Crippen molar-refractivity contribution in [3.63, 3.8) is 0 Å². The van der Waals surface area contributed by atoms with E-state index in [0.29, 0.717) is 23.3 Å². The molecule has 4 aliphatic rings. The molecule has 538 valence electrons. The fourth-order valence-corrected chi connectivity index (χ4v) is 21.9. The summed E-state index contributed by atoms with van der Waals surface area (Å²) in [5, 5.41) is 6.75. The molecule has 20 aromatic rings. The first-order chi connectivity index (χ1) is 57.5. The van der Waals surface area contributed by atoms with Crippen molar-refractivity contribution in [1.29, 1.82) is 0 Å². The number of hydrogen-bond acceptors (Lipinski definition) is 9. The van der Waals surface area contributed by atoms with Crippen molar-refractivity contribution < 1.29 is 0 Å². The van der Waals surface area contributed by atoms with E-state index in [0.717, 1.165) is 116 Å². The smallest absolute Gasteiger partial charge is 0.164 e. The van der Waals surface area contributed by atoms with Crippen LogP contribution in [-0.4, -0.2) is 34.9 Å². The van der Waals surface area contributed by atoms with Crippen LogP contribution >= 0.6 is 23.5 Å². The molecule has 0 saturated carbocycles. The van der Waals surface area contributed by atoms with Crippen molar-refractivity contribution in [2.75, 3.05) is 0 Å². The standard InChI is InChI=1S/C107H63N7S2/c1-4-28-64(29-5-1)90-63-91(68-35-25-36-69(61-68)99-97-76(74-40-12-19-51-88(74)108-99)56-58-85-95(97)78-42-10-14-45-80(78)106(85)82-47-16-21-53-92(82)115-93-54-22-17-48-83(93)106)111-104(110-90)71-38-24-34-67(60-71)73-44-27-50-87-101(73)116-94-55-23-18-49-84(94)107(87)81-46-15-11-43-79(81)96-86(107)59-57-77-75-41-13-20-52-89(75)109-100(98(77)96)70-37-26-39-72(62-70)105-113-102(65-30-6-2-7-31-65)112-103(114-105)66-32-8-3-9-33-66/h1-63H. The zero-order chi connectivity index (χ0) is 76.2. The molecule has 2 spiro atoms. The van der Waals surface area contributed by atoms with Crippen molar-refractivity contribution in [2.24, 2.45) is 0 Å². The van der Waals surface area contributed by atoms with E-state index in [2.05, 4.69) is 346 Å². The number of fused-ring (bicyclic) bond motifs is 26. The van der Waals surface area contributed by atoms with Crippen molar-refractivity contribution in [2.45, 2.75) is 30.4 Å². The number of hydrogen-bond donors (Lipinski definition) is 0. The van der Waals surface area contributed by atoms with E-state index in [1.807, 2.05) is 59.9 Å². The molecule has 0 N–H and O–H groups in total. The molecule has 4 aromatic heterocycles. The zero-order valence-corrected chi connectivity index (χ0v) is 64.0. The monoisotopic (exact) mass is 1510 g/mol. The van der Waals surface area contributed by atoms with Gasteiger partial charge in [-0.15, -0.1) is 0 Å². The van der Waals surface area contributed by atoms with Crippen LogP contribution in [0.5, 0.6) is 0 Å². The molecule has 9 heteroatoms. The van der Waals surface area contributed by atoms with Crippen LogP contribution in [0.1, 0.15) is 44.5 Å². The molecule has 2 aliphatic heterocycles. The van der Waals surface area contributed by atoms with Gasteiger partial charge in [-0.25, -0.2) is 34.9 Å². The lowest BCUT2D eigenvalue weighted by Gasteiger charge is -2.40. The van der Waals surface area contributed by atoms with Gasteiger partial charge in [-0.1, -0.05) is 351 Å². The second-order valence-electron chi connectivity index (χ2n) is 30.4. The maximum atomic E-state index is 5.76. The lowest BCUT2D eigenvalue weighted by Crippen LogP contribution is -2.32. The molecule has 0 amide bonds. The van der Waals surface area contributed by atoms with Gasteiger partial charge in [-0.2, -0.15) is 0 Å². The van der Waals surface area contributed by atoms with Gasteiger partial charge in [-0.3, -0.25) is 0 Å². The molecule has 16 aromatic carbocycles. The first-order valence-electron chi connectivity index (χ1n) is 39.3. The van der Waals surface area contributed by atoms with E-state index < -0.39 is 10.8 Å². The Labute approximate surface area is 678 Å². The Bertz CT molecular complexity index is 7450. The topological polar surface area (TPSA) is 90.2 Å². The molecular formula is C107H63N7S2. The third-order valence-corrected chi connectivity index (χ3v) is 26.6. The van der Waals surface area contributed by atoms with Gasteiger partial charge in [0.05, 0.1) is 44.6 Å². The average molecular weight is 1510 g/mol. The van der Waals surface area contributed by atoms with Crippen molar-refractivity contribution in [3.8, 4) is 124 Å². The van der Waals surface area contributed by atoms with Crippen LogP contribution < -0.4 is 0 Å². The maximum Gasteiger partial charge on any atom is 0.164 e. The molecule has 0 bridgehead atoms. The molecule has 6 heterocycles. The summed E-state index contributed by atoms with van der Waals surface area (Å²) >= 11 is 3.73. The van der Waals surface area contributed by atoms with Gasteiger partial charge in [0.15, 0.2) is 23.3 Å². The minimum Gasteiger partial charge on any atom is -0.247 e. The summed E-state index contributed by atoms with van der Waals surface area (Å²) in [6, 6.07) is 139. The predicted molar refractivity (Wildman–Crippen MR) is 473 cm³/mol. The SMILES string of the molecule is c1ccc(-c2cc(-c3cccc(-c4nc5ccccc5c5ccc6c(c45)-c4ccccc4C64c5ccccc5Sc5ccccc54)c3)nc(-c3cccc(-c4cccc5c4Sc4ccccc4C54c5ccccc5-c5c4ccc4c5c(-c5cccc(-c6nc(-c7ccccc7)nc(-c7ccccc7)n6)c5)nc5ccccc54)c3)n2)cc1. The number of nitrogens with zero attached hydrogens (tertiary/aromatic N) is 7. The second kappa shape index (κ2) is 26.1. The number of rotatable bonds is 9. The van der Waals surface area contributed by atoms with Crippen LogP contribution in [0.2, 0.25) is 0 Å². The summed E-state index contributed by atoms with van der Waals surface area (Å²) in [4.78, 5) is 43.1. The summed E-state index contributed by atoms with van der Waals surface area (Å²) < 4.78 is 0. The van der Waals surface area contributed by atoms with Gasteiger partial charge in [0.1, 0.15) is 0 Å². The van der Waals surface area contributed by atoms with E-state index in [1.54, 1.807) is 0 Å². The Morgan fingerprint density at radius 1 is 0.198 bits per heavy atom. The fourth-order valence-electron chi connectivity index (χ4n) is 19.4. The van der Waals surface area contributed by atoms with E-state index in [4.69, 9.17) is 34.9 Å². The zero-order valence-electron chi connectivity index (χ0n) is 62.3. The van der Waals surface area contributed by atoms with Crippen molar-refractivity contribution in [1.82, 2.24) is 34.9 Å². The van der Waals surface area contributed by atoms with Gasteiger partial charge in [-0.05, 0) is 143 Å². The number of pyridine rings is 2. The van der Waals surface area contributed by atoms with Gasteiger partial charge >= 0.3 is 0 Å². The lowest BCUT2D eigenvalue weighted by molar-refractivity contribution is 0.723. The highest BCUT2D eigenvalue weighted by atomic mass is 32.2. The molecule has 7 nitrogen and oxygen atoms in total. The Morgan fingerprint density at radius 2 is 0.552 bits per heavy atom. The number of aromatic nitrogens is 7. The molecule has 116 heavy (non-hydrogen) atoms. The fraction of sp³-hybridized carbons (Fsp3) is 0.0187. The van der Waals surface area contributed by atoms with Crippen LogP contribution in [-0.2, 0) is 10.8 Å². The molecule has 2 aliphatic carbocycles. The largest absolute Gasteiger partial charge is 0.247 e. The maximum absolute atomic E-state index is 5.76. The van der Waals surface area contributed by atoms with Gasteiger partial charge in [0.25, 0.3) is 0 Å². The lowest BCUT2D eigenvalue weighted by atomic mass is 9.66. The quantitative estimate of drug-likeness (QED) is 0.131. The van der Waals surface area contributed by atoms with Gasteiger partial charge in [0.2, 0.25) is 0 Å². The summed E-state index contributed by atoms with van der Waals surface area (Å²) in [6.45, 7) is 0. The number of para-hydroxylation sites is 2. The van der Waals surface area contributed by atoms with E-state index in [1.165, 1.54) is 91.7 Å². The third-order valence-electron chi connectivity index (χ3n) is 24.2. The average Bonchev–Trinajstić information content (AvgIpc) is 1.50. The van der Waals surface area contributed by atoms with E-state index >= 15 is 0 Å². The van der Waals surface area contributed by atoms with Crippen LogP contribution in [0, 0.1) is 0 Å². The van der Waals surface area contributed by atoms with Crippen molar-refractivity contribution >= 4 is 66.9 Å². The van der Waals surface area contributed by atoms with Crippen LogP contribution in [0.15, 0.2) is 402 Å². The molecule has 0 saturated heterocycles. The third kappa shape index (κ3) is 9.92. The molecule has 1 unspecified atom stereocenters. The first kappa shape index (κ1) is 66.3. The minimum absolute atomic E-state index is 0.554. The summed E-state index contributed by atoms with van der Waals surface area (Å²) in [5.41, 5.74) is 28.6. The van der Waals surface area contributed by atoms with Crippen molar-refractivity contribution in [3.05, 3.63) is 427 Å². The predicted octanol–water partition coefficient (Wildman–Crippen LogP) is 26.7. The van der Waals surface area contributed by atoms with E-state index in [9.17, 15) is 0 Å². The van der Waals surface area contributed by atoms with Crippen LogP contribution in [0.4, 0.5) is 0 Å². The Morgan fingerprint density at radius 3 is 1.09 bits per heavy atom. The van der Waals surface area contributed by atoms with Gasteiger partial charge in [0, 0.05) is 85.6 Å². The summed E-state index contributed by atoms with van der Waals surface area (Å²) in [5.74, 6) is 2.43. The minimum atomic E-state index is -0.743. The first-order valence-corrected chi connectivity index (χ1v) is 41.0. The highest BCUT2D eigenvalue weighted by molar-refractivity contribution is 8.00. The Balaban J connectivity index is 0.661. The molecule has 0 fully saturated rings. The highest BCUT2D eigenvalue weighted by Crippen LogP contribution is 2.67. The molecular weight excluding hydrogens is 1450 g/mol. The second-order valence-corrected chi connectivity index (χ2v) is 32.5. The van der Waals surface area contributed by atoms with Gasteiger partial charge < -0.3 is 0 Å². The van der Waals surface area contributed by atoms with Crippen LogP contribution in [0.25, 0.3) is 167 Å².